The summed E-state index contributed by atoms with van der Waals surface area (Å²) < 4.78 is 0.973. The average molecular weight is 356 g/mol. The summed E-state index contributed by atoms with van der Waals surface area (Å²) >= 11 is 3.36. The van der Waals surface area contributed by atoms with E-state index in [1.54, 1.807) is 0 Å². The molecule has 1 aromatic rings. The lowest BCUT2D eigenvalue weighted by Crippen LogP contribution is -2.37. The first kappa shape index (κ1) is 17.7. The van der Waals surface area contributed by atoms with Crippen LogP contribution in [0.3, 0.4) is 0 Å². The number of benzene rings is 1. The molecular weight excluding hydrogens is 334 g/mol. The molecular formula is C15H22BrN3O2. The summed E-state index contributed by atoms with van der Waals surface area (Å²) in [6.45, 7) is 0.982. The van der Waals surface area contributed by atoms with Crippen LogP contribution in [0.4, 0.5) is 0 Å². The topological polar surface area (TPSA) is 89.4 Å². The minimum atomic E-state index is -0.498. The van der Waals surface area contributed by atoms with Gasteiger partial charge in [-0.15, -0.1) is 0 Å². The zero-order chi connectivity index (χ0) is 15.7. The lowest BCUT2D eigenvalue weighted by atomic mass is 10.1. The summed E-state index contributed by atoms with van der Waals surface area (Å²) in [5.41, 5.74) is 11.6. The third-order valence-corrected chi connectivity index (χ3v) is 3.61. The van der Waals surface area contributed by atoms with Gasteiger partial charge in [-0.3, -0.25) is 9.59 Å². The highest BCUT2D eigenvalue weighted by atomic mass is 79.9. The normalized spacial score (nSPS) is 10.4. The quantitative estimate of drug-likeness (QED) is 0.661. The molecule has 0 saturated heterocycles. The van der Waals surface area contributed by atoms with Crippen LogP contribution in [-0.4, -0.2) is 29.8 Å². The van der Waals surface area contributed by atoms with E-state index in [0.29, 0.717) is 19.5 Å². The number of hydrogen-bond acceptors (Lipinski definition) is 3. The van der Waals surface area contributed by atoms with Crippen LogP contribution in [0.15, 0.2) is 28.7 Å². The fourth-order valence-corrected chi connectivity index (χ4v) is 2.25. The Hall–Kier alpha value is -1.40. The number of hydrogen-bond donors (Lipinski definition) is 2. The Kier molecular flexibility index (Phi) is 8.00. The van der Waals surface area contributed by atoms with Gasteiger partial charge in [0.15, 0.2) is 0 Å². The van der Waals surface area contributed by atoms with E-state index in [1.165, 1.54) is 4.90 Å². The number of carbonyl (C=O) groups is 2. The average Bonchev–Trinajstić information content (AvgIpc) is 2.44. The molecule has 0 aromatic heterocycles. The number of unbranched alkanes of at least 4 members (excludes halogenated alkanes) is 2. The Bertz CT molecular complexity index is 462. The van der Waals surface area contributed by atoms with Crippen molar-refractivity contribution in [3.8, 4) is 0 Å². The van der Waals surface area contributed by atoms with Crippen molar-refractivity contribution in [3.05, 3.63) is 34.3 Å². The Morgan fingerprint density at radius 2 is 1.76 bits per heavy atom. The van der Waals surface area contributed by atoms with Crippen LogP contribution < -0.4 is 11.5 Å². The standard InChI is InChI=1S/C15H22BrN3O2/c16-13-7-5-12(6-8-13)10-19(11-14(18)20)15(21)4-2-1-3-9-17/h5-8H,1-4,9-11,17H2,(H2,18,20). The van der Waals surface area contributed by atoms with Crippen molar-refractivity contribution in [3.63, 3.8) is 0 Å². The van der Waals surface area contributed by atoms with E-state index in [9.17, 15) is 9.59 Å². The van der Waals surface area contributed by atoms with Crippen molar-refractivity contribution in [1.29, 1.82) is 0 Å². The van der Waals surface area contributed by atoms with Crippen molar-refractivity contribution in [2.24, 2.45) is 11.5 Å². The second-order valence-electron chi connectivity index (χ2n) is 4.94. The molecule has 0 radical (unpaired) electrons. The number of nitrogens with two attached hydrogens (primary N) is 2. The van der Waals surface area contributed by atoms with Gasteiger partial charge in [-0.2, -0.15) is 0 Å². The third-order valence-electron chi connectivity index (χ3n) is 3.08. The van der Waals surface area contributed by atoms with Crippen LogP contribution in [0.2, 0.25) is 0 Å². The van der Waals surface area contributed by atoms with E-state index >= 15 is 0 Å². The first-order valence-corrected chi connectivity index (χ1v) is 7.83. The molecule has 1 rings (SSSR count). The minimum Gasteiger partial charge on any atom is -0.368 e. The van der Waals surface area contributed by atoms with E-state index in [1.807, 2.05) is 24.3 Å². The molecule has 21 heavy (non-hydrogen) atoms. The summed E-state index contributed by atoms with van der Waals surface area (Å²) in [6, 6.07) is 7.65. The molecule has 0 atom stereocenters. The predicted molar refractivity (Wildman–Crippen MR) is 86.3 cm³/mol. The Balaban J connectivity index is 2.59. The van der Waals surface area contributed by atoms with E-state index in [-0.39, 0.29) is 12.5 Å². The maximum atomic E-state index is 12.2. The van der Waals surface area contributed by atoms with Gasteiger partial charge >= 0.3 is 0 Å². The van der Waals surface area contributed by atoms with Crippen molar-refractivity contribution >= 4 is 27.7 Å². The van der Waals surface area contributed by atoms with Crippen LogP contribution >= 0.6 is 15.9 Å². The number of nitrogens with zero attached hydrogens (tertiary/aromatic N) is 1. The van der Waals surface area contributed by atoms with Gasteiger partial charge in [-0.25, -0.2) is 0 Å². The number of halogens is 1. The smallest absolute Gasteiger partial charge is 0.237 e. The molecule has 0 heterocycles. The van der Waals surface area contributed by atoms with Gasteiger partial charge in [-0.1, -0.05) is 34.5 Å². The molecule has 0 fully saturated rings. The number of amides is 2. The van der Waals surface area contributed by atoms with Gasteiger partial charge in [-0.05, 0) is 37.1 Å². The van der Waals surface area contributed by atoms with Gasteiger partial charge in [0, 0.05) is 17.4 Å². The summed E-state index contributed by atoms with van der Waals surface area (Å²) in [7, 11) is 0. The molecule has 116 valence electrons. The van der Waals surface area contributed by atoms with Gasteiger partial charge in [0.1, 0.15) is 0 Å². The van der Waals surface area contributed by atoms with Gasteiger partial charge in [0.05, 0.1) is 6.54 Å². The molecule has 0 aliphatic heterocycles. The SMILES string of the molecule is NCCCCCC(=O)N(CC(N)=O)Cc1ccc(Br)cc1. The van der Waals surface area contributed by atoms with Crippen LogP contribution in [0.25, 0.3) is 0 Å². The summed E-state index contributed by atoms with van der Waals surface area (Å²) in [5, 5.41) is 0. The molecule has 0 aliphatic carbocycles. The minimum absolute atomic E-state index is 0.0475. The largest absolute Gasteiger partial charge is 0.368 e. The summed E-state index contributed by atoms with van der Waals surface area (Å²) in [6.07, 6.45) is 3.04. The van der Waals surface area contributed by atoms with Gasteiger partial charge in [0.25, 0.3) is 0 Å². The van der Waals surface area contributed by atoms with Crippen molar-refractivity contribution in [2.75, 3.05) is 13.1 Å². The summed E-state index contributed by atoms with van der Waals surface area (Å²) in [5.74, 6) is -0.545. The second-order valence-corrected chi connectivity index (χ2v) is 5.86. The molecule has 0 bridgehead atoms. The lowest BCUT2D eigenvalue weighted by Gasteiger charge is -2.21. The van der Waals surface area contributed by atoms with Crippen molar-refractivity contribution in [2.45, 2.75) is 32.2 Å². The Labute approximate surface area is 133 Å². The molecule has 6 heteroatoms. The van der Waals surface area contributed by atoms with Crippen LogP contribution in [0, 0.1) is 0 Å². The second kappa shape index (κ2) is 9.52. The Morgan fingerprint density at radius 3 is 2.33 bits per heavy atom. The zero-order valence-electron chi connectivity index (χ0n) is 12.1. The van der Waals surface area contributed by atoms with Gasteiger partial charge in [0.2, 0.25) is 11.8 Å². The molecule has 0 unspecified atom stereocenters. The van der Waals surface area contributed by atoms with Crippen LogP contribution in [-0.2, 0) is 16.1 Å². The molecule has 0 saturated carbocycles. The van der Waals surface area contributed by atoms with Crippen LogP contribution in [0.1, 0.15) is 31.2 Å². The van der Waals surface area contributed by atoms with Crippen molar-refractivity contribution < 1.29 is 9.59 Å². The number of rotatable bonds is 9. The monoisotopic (exact) mass is 355 g/mol. The highest BCUT2D eigenvalue weighted by Crippen LogP contribution is 2.13. The van der Waals surface area contributed by atoms with E-state index < -0.39 is 5.91 Å². The Morgan fingerprint density at radius 1 is 1.10 bits per heavy atom. The first-order chi connectivity index (χ1) is 10.0. The number of carbonyl (C=O) groups excluding carboxylic acids is 2. The lowest BCUT2D eigenvalue weighted by molar-refractivity contribution is -0.135. The first-order valence-electron chi connectivity index (χ1n) is 7.03. The molecule has 0 spiro atoms. The van der Waals surface area contributed by atoms with E-state index in [4.69, 9.17) is 11.5 Å². The molecule has 0 aliphatic rings. The molecule has 2 amide bonds. The predicted octanol–water partition coefficient (Wildman–Crippen LogP) is 1.78. The third kappa shape index (κ3) is 7.24. The van der Waals surface area contributed by atoms with E-state index in [2.05, 4.69) is 15.9 Å². The zero-order valence-corrected chi connectivity index (χ0v) is 13.6. The molecule has 1 aromatic carbocycles. The van der Waals surface area contributed by atoms with E-state index in [0.717, 1.165) is 29.3 Å². The fourth-order valence-electron chi connectivity index (χ4n) is 1.99. The number of primary amides is 1. The highest BCUT2D eigenvalue weighted by molar-refractivity contribution is 9.10. The summed E-state index contributed by atoms with van der Waals surface area (Å²) in [4.78, 5) is 24.8. The molecule has 5 nitrogen and oxygen atoms in total. The van der Waals surface area contributed by atoms with Crippen LogP contribution in [0.5, 0.6) is 0 Å². The maximum Gasteiger partial charge on any atom is 0.237 e. The maximum absolute atomic E-state index is 12.2. The highest BCUT2D eigenvalue weighted by Gasteiger charge is 2.15. The fraction of sp³-hybridized carbons (Fsp3) is 0.467. The van der Waals surface area contributed by atoms with Gasteiger partial charge < -0.3 is 16.4 Å². The van der Waals surface area contributed by atoms with Crippen molar-refractivity contribution in [1.82, 2.24) is 4.90 Å². The molecule has 4 N–H and O–H groups in total.